The van der Waals surface area contributed by atoms with Gasteiger partial charge in [-0.3, -0.25) is 19.2 Å². The van der Waals surface area contributed by atoms with Crippen LogP contribution in [0.2, 0.25) is 0 Å². The van der Waals surface area contributed by atoms with Crippen LogP contribution in [0.5, 0.6) is 0 Å². The van der Waals surface area contributed by atoms with E-state index in [1.807, 2.05) is 40.8 Å². The first-order valence-electron chi connectivity index (χ1n) is 11.3. The summed E-state index contributed by atoms with van der Waals surface area (Å²) in [6, 6.07) is 0.826. The molecule has 0 spiro atoms. The predicted molar refractivity (Wildman–Crippen MR) is 115 cm³/mol. The molecule has 1 unspecified atom stereocenters. The lowest BCUT2D eigenvalue weighted by Crippen LogP contribution is -2.55. The third kappa shape index (κ3) is 6.28. The van der Waals surface area contributed by atoms with Gasteiger partial charge in [-0.1, -0.05) is 0 Å². The third-order valence-electron chi connectivity index (χ3n) is 6.41. The van der Waals surface area contributed by atoms with Gasteiger partial charge in [0.15, 0.2) is 0 Å². The van der Waals surface area contributed by atoms with Gasteiger partial charge in [-0.15, -0.1) is 0 Å². The van der Waals surface area contributed by atoms with Gasteiger partial charge in [-0.2, -0.15) is 5.10 Å². The summed E-state index contributed by atoms with van der Waals surface area (Å²) in [4.78, 5) is 30.9. The lowest BCUT2D eigenvalue weighted by Gasteiger charge is -2.44. The minimum absolute atomic E-state index is 0.143. The van der Waals surface area contributed by atoms with Crippen LogP contribution in [0.4, 0.5) is 0 Å². The highest BCUT2D eigenvalue weighted by molar-refractivity contribution is 5.75. The number of piperidine rings is 1. The Kier molecular flexibility index (Phi) is 8.27. The number of carbonyl (C=O) groups is 2. The Balaban J connectivity index is 1.55. The third-order valence-corrected chi connectivity index (χ3v) is 6.41. The monoisotopic (exact) mass is 419 g/mol. The van der Waals surface area contributed by atoms with Gasteiger partial charge in [0.05, 0.1) is 6.20 Å². The van der Waals surface area contributed by atoms with Crippen LogP contribution in [0.1, 0.15) is 44.6 Å². The molecule has 0 saturated carbocycles. The molecular weight excluding hydrogens is 382 g/mol. The van der Waals surface area contributed by atoms with Crippen molar-refractivity contribution in [1.29, 1.82) is 0 Å². The molecule has 2 saturated heterocycles. The van der Waals surface area contributed by atoms with E-state index in [-0.39, 0.29) is 11.8 Å². The van der Waals surface area contributed by atoms with Crippen molar-refractivity contribution in [2.24, 2.45) is 0 Å². The van der Waals surface area contributed by atoms with Crippen LogP contribution in [0.25, 0.3) is 0 Å². The van der Waals surface area contributed by atoms with Crippen LogP contribution in [-0.4, -0.2) is 94.8 Å². The first kappa shape index (κ1) is 22.7. The molecule has 168 valence electrons. The van der Waals surface area contributed by atoms with Crippen molar-refractivity contribution in [3.63, 3.8) is 0 Å². The number of ether oxygens (including phenoxy) is 1. The van der Waals surface area contributed by atoms with Gasteiger partial charge in [0.1, 0.15) is 0 Å². The van der Waals surface area contributed by atoms with E-state index in [0.29, 0.717) is 31.6 Å². The summed E-state index contributed by atoms with van der Waals surface area (Å²) < 4.78 is 7.40. The molecule has 3 rings (SSSR count). The minimum atomic E-state index is 0.143. The number of rotatable bonds is 8. The molecule has 0 aromatic carbocycles. The average Bonchev–Trinajstić information content (AvgIpc) is 3.18. The highest BCUT2D eigenvalue weighted by Crippen LogP contribution is 2.23. The highest BCUT2D eigenvalue weighted by atomic mass is 16.5. The van der Waals surface area contributed by atoms with Crippen LogP contribution in [-0.2, 0) is 20.9 Å². The summed E-state index contributed by atoms with van der Waals surface area (Å²) in [7, 11) is 1.89. The molecule has 0 bridgehead atoms. The average molecular weight is 420 g/mol. The van der Waals surface area contributed by atoms with E-state index in [1.165, 1.54) is 0 Å². The number of hydrogen-bond donors (Lipinski definition) is 0. The maximum Gasteiger partial charge on any atom is 0.224 e. The Morgan fingerprint density at radius 2 is 1.97 bits per heavy atom. The van der Waals surface area contributed by atoms with E-state index in [2.05, 4.69) is 10.00 Å². The molecule has 2 aliphatic rings. The smallest absolute Gasteiger partial charge is 0.224 e. The van der Waals surface area contributed by atoms with Gasteiger partial charge >= 0.3 is 0 Å². The molecule has 8 nitrogen and oxygen atoms in total. The number of carbonyl (C=O) groups excluding carboxylic acids is 2. The zero-order chi connectivity index (χ0) is 21.5. The van der Waals surface area contributed by atoms with Gasteiger partial charge < -0.3 is 14.5 Å². The van der Waals surface area contributed by atoms with Crippen LogP contribution in [0, 0.1) is 6.92 Å². The number of aryl methyl sites for hydroxylation is 2. The van der Waals surface area contributed by atoms with Crippen molar-refractivity contribution >= 4 is 11.8 Å². The fraction of sp³-hybridized carbons (Fsp3) is 0.773. The molecular formula is C22H37N5O3. The Bertz CT molecular complexity index is 701. The SMILES string of the molecule is CC(=O)N1CCCC(N(CCN(C)C(=O)CCn2cc(C)cn2)C2CCOCC2)C1. The maximum atomic E-state index is 12.6. The number of likely N-dealkylation sites (N-methyl/N-ethyl adjacent to an activating group) is 1. The quantitative estimate of drug-likeness (QED) is 0.639. The van der Waals surface area contributed by atoms with E-state index in [9.17, 15) is 9.59 Å². The lowest BCUT2D eigenvalue weighted by molar-refractivity contribution is -0.131. The van der Waals surface area contributed by atoms with Gasteiger partial charge in [0.25, 0.3) is 0 Å². The Labute approximate surface area is 180 Å². The summed E-state index contributed by atoms with van der Waals surface area (Å²) in [5.41, 5.74) is 1.11. The number of hydrogen-bond acceptors (Lipinski definition) is 5. The summed E-state index contributed by atoms with van der Waals surface area (Å²) in [6.07, 6.45) is 8.42. The number of aromatic nitrogens is 2. The number of nitrogens with zero attached hydrogens (tertiary/aromatic N) is 5. The molecule has 2 aliphatic heterocycles. The van der Waals surface area contributed by atoms with E-state index in [0.717, 1.165) is 64.1 Å². The summed E-state index contributed by atoms with van der Waals surface area (Å²) in [6.45, 7) is 9.05. The summed E-state index contributed by atoms with van der Waals surface area (Å²) in [5, 5.41) is 4.26. The van der Waals surface area contributed by atoms with Crippen LogP contribution < -0.4 is 0 Å². The highest BCUT2D eigenvalue weighted by Gasteiger charge is 2.32. The molecule has 0 radical (unpaired) electrons. The maximum absolute atomic E-state index is 12.6. The van der Waals surface area contributed by atoms with Crippen LogP contribution >= 0.6 is 0 Å². The molecule has 0 aliphatic carbocycles. The molecule has 2 amide bonds. The van der Waals surface area contributed by atoms with Crippen LogP contribution in [0.3, 0.4) is 0 Å². The fourth-order valence-corrected chi connectivity index (χ4v) is 4.57. The zero-order valence-corrected chi connectivity index (χ0v) is 18.8. The van der Waals surface area contributed by atoms with Crippen molar-refractivity contribution in [1.82, 2.24) is 24.5 Å². The molecule has 30 heavy (non-hydrogen) atoms. The van der Waals surface area contributed by atoms with E-state index >= 15 is 0 Å². The Hall–Kier alpha value is -1.93. The number of likely N-dealkylation sites (tertiary alicyclic amines) is 1. The second kappa shape index (κ2) is 10.9. The normalized spacial score (nSPS) is 20.5. The van der Waals surface area contributed by atoms with Crippen LogP contribution in [0.15, 0.2) is 12.4 Å². The second-order valence-corrected chi connectivity index (χ2v) is 8.69. The van der Waals surface area contributed by atoms with Crippen molar-refractivity contribution in [3.8, 4) is 0 Å². The van der Waals surface area contributed by atoms with Crippen molar-refractivity contribution in [3.05, 3.63) is 18.0 Å². The largest absolute Gasteiger partial charge is 0.381 e. The molecule has 1 aromatic rings. The first-order chi connectivity index (χ1) is 14.4. The van der Waals surface area contributed by atoms with Gasteiger partial charge in [0, 0.05) is 84.6 Å². The van der Waals surface area contributed by atoms with Crippen molar-refractivity contribution in [2.75, 3.05) is 46.4 Å². The van der Waals surface area contributed by atoms with Gasteiger partial charge in [0.2, 0.25) is 11.8 Å². The molecule has 2 fully saturated rings. The molecule has 1 aromatic heterocycles. The summed E-state index contributed by atoms with van der Waals surface area (Å²) >= 11 is 0. The molecule has 3 heterocycles. The fourth-order valence-electron chi connectivity index (χ4n) is 4.57. The number of amides is 2. The lowest BCUT2D eigenvalue weighted by atomic mass is 9.98. The van der Waals surface area contributed by atoms with Crippen molar-refractivity contribution in [2.45, 2.75) is 64.6 Å². The van der Waals surface area contributed by atoms with E-state index in [1.54, 1.807) is 6.92 Å². The van der Waals surface area contributed by atoms with Gasteiger partial charge in [-0.25, -0.2) is 0 Å². The van der Waals surface area contributed by atoms with E-state index < -0.39 is 0 Å². The standard InChI is InChI=1S/C22H37N5O3/c1-18-15-23-26(16-18)10-6-22(29)24(3)11-12-27(20-7-13-30-14-8-20)21-5-4-9-25(17-21)19(2)28/h15-16,20-21H,4-14,17H2,1-3H3. The first-order valence-corrected chi connectivity index (χ1v) is 11.3. The molecule has 0 N–H and O–H groups in total. The molecule has 1 atom stereocenters. The zero-order valence-electron chi connectivity index (χ0n) is 18.8. The molecule has 8 heteroatoms. The summed E-state index contributed by atoms with van der Waals surface area (Å²) in [5.74, 6) is 0.303. The second-order valence-electron chi connectivity index (χ2n) is 8.69. The Morgan fingerprint density at radius 3 is 2.63 bits per heavy atom. The minimum Gasteiger partial charge on any atom is -0.381 e. The predicted octanol–water partition coefficient (Wildman–Crippen LogP) is 1.53. The topological polar surface area (TPSA) is 70.9 Å². The van der Waals surface area contributed by atoms with Gasteiger partial charge in [-0.05, 0) is 38.2 Å². The van der Waals surface area contributed by atoms with E-state index in [4.69, 9.17) is 4.74 Å². The Morgan fingerprint density at radius 1 is 1.20 bits per heavy atom. The van der Waals surface area contributed by atoms with Crippen molar-refractivity contribution < 1.29 is 14.3 Å².